The minimum atomic E-state index is -0.0237. The number of hydrogen-bond acceptors (Lipinski definition) is 2. The zero-order chi connectivity index (χ0) is 12.6. The Bertz CT molecular complexity index is 164. The first-order chi connectivity index (χ1) is 7.50. The van der Waals surface area contributed by atoms with E-state index in [0.717, 1.165) is 18.9 Å². The van der Waals surface area contributed by atoms with Gasteiger partial charge in [0.1, 0.15) is 0 Å². The Labute approximate surface area is 102 Å². The lowest BCUT2D eigenvalue weighted by Gasteiger charge is -2.37. The Kier molecular flexibility index (Phi) is 8.04. The Balaban J connectivity index is 4.38. The predicted octanol–water partition coefficient (Wildman–Crippen LogP) is 3.61. The van der Waals surface area contributed by atoms with Gasteiger partial charge in [0.15, 0.2) is 0 Å². The third-order valence-corrected chi connectivity index (χ3v) is 3.58. The largest absolute Gasteiger partial charge is 0.377 e. The Morgan fingerprint density at radius 2 is 1.81 bits per heavy atom. The Morgan fingerprint density at radius 1 is 1.19 bits per heavy atom. The van der Waals surface area contributed by atoms with Crippen LogP contribution in [0, 0.1) is 5.92 Å². The van der Waals surface area contributed by atoms with Gasteiger partial charge in [0.2, 0.25) is 0 Å². The molecule has 16 heavy (non-hydrogen) atoms. The summed E-state index contributed by atoms with van der Waals surface area (Å²) in [6.07, 6.45) is 4.71. The summed E-state index contributed by atoms with van der Waals surface area (Å²) < 4.78 is 5.72. The van der Waals surface area contributed by atoms with Crippen LogP contribution < -0.4 is 5.32 Å². The highest BCUT2D eigenvalue weighted by Crippen LogP contribution is 2.24. The molecule has 0 heterocycles. The fourth-order valence-electron chi connectivity index (χ4n) is 1.97. The first-order valence-corrected chi connectivity index (χ1v) is 6.78. The smallest absolute Gasteiger partial charge is 0.0800 e. The molecule has 0 bridgehead atoms. The van der Waals surface area contributed by atoms with Gasteiger partial charge in [-0.25, -0.2) is 0 Å². The van der Waals surface area contributed by atoms with Crippen LogP contribution in [0.3, 0.4) is 0 Å². The third kappa shape index (κ3) is 5.31. The van der Waals surface area contributed by atoms with Gasteiger partial charge in [-0.2, -0.15) is 0 Å². The third-order valence-electron chi connectivity index (χ3n) is 3.58. The van der Waals surface area contributed by atoms with Gasteiger partial charge in [-0.1, -0.05) is 27.7 Å². The second-order valence-electron chi connectivity index (χ2n) is 5.35. The molecule has 0 aromatic rings. The summed E-state index contributed by atoms with van der Waals surface area (Å²) in [4.78, 5) is 0. The van der Waals surface area contributed by atoms with Crippen molar-refractivity contribution in [3.8, 4) is 0 Å². The summed E-state index contributed by atoms with van der Waals surface area (Å²) in [6, 6.07) is 0.477. The molecule has 1 N–H and O–H groups in total. The quantitative estimate of drug-likeness (QED) is 0.652. The maximum absolute atomic E-state index is 5.72. The number of methoxy groups -OCH3 is 1. The molecule has 0 saturated carbocycles. The van der Waals surface area contributed by atoms with E-state index in [0.29, 0.717) is 6.04 Å². The molecule has 0 saturated heterocycles. The van der Waals surface area contributed by atoms with Crippen LogP contribution in [0.25, 0.3) is 0 Å². The second kappa shape index (κ2) is 8.08. The van der Waals surface area contributed by atoms with E-state index in [1.54, 1.807) is 0 Å². The van der Waals surface area contributed by atoms with E-state index >= 15 is 0 Å². The molecule has 98 valence electrons. The fraction of sp³-hybridized carbons (Fsp3) is 1.00. The first-order valence-electron chi connectivity index (χ1n) is 6.78. The van der Waals surface area contributed by atoms with E-state index in [-0.39, 0.29) is 5.60 Å². The van der Waals surface area contributed by atoms with Crippen molar-refractivity contribution in [2.24, 2.45) is 5.92 Å². The maximum atomic E-state index is 5.72. The summed E-state index contributed by atoms with van der Waals surface area (Å²) in [6.45, 7) is 12.3. The van der Waals surface area contributed by atoms with Crippen LogP contribution in [0.2, 0.25) is 0 Å². The molecular formula is C14H31NO. The molecule has 2 unspecified atom stereocenters. The highest BCUT2D eigenvalue weighted by atomic mass is 16.5. The summed E-state index contributed by atoms with van der Waals surface area (Å²) in [5, 5.41) is 3.64. The van der Waals surface area contributed by atoms with E-state index < -0.39 is 0 Å². The van der Waals surface area contributed by atoms with Crippen molar-refractivity contribution < 1.29 is 4.74 Å². The summed E-state index contributed by atoms with van der Waals surface area (Å²) >= 11 is 0. The number of ether oxygens (including phenoxy) is 1. The lowest BCUT2D eigenvalue weighted by molar-refractivity contribution is -0.0321. The predicted molar refractivity (Wildman–Crippen MR) is 71.9 cm³/mol. The van der Waals surface area contributed by atoms with Crippen LogP contribution in [0.1, 0.15) is 60.3 Å². The highest BCUT2D eigenvalue weighted by Gasteiger charge is 2.31. The molecule has 0 radical (unpaired) electrons. The van der Waals surface area contributed by atoms with Crippen LogP contribution in [-0.4, -0.2) is 25.3 Å². The minimum absolute atomic E-state index is 0.0237. The summed E-state index contributed by atoms with van der Waals surface area (Å²) in [5.41, 5.74) is -0.0237. The zero-order valence-corrected chi connectivity index (χ0v) is 12.1. The molecule has 0 aliphatic rings. The fourth-order valence-corrected chi connectivity index (χ4v) is 1.97. The monoisotopic (exact) mass is 229 g/mol. The van der Waals surface area contributed by atoms with Gasteiger partial charge < -0.3 is 10.1 Å². The minimum Gasteiger partial charge on any atom is -0.377 e. The number of rotatable bonds is 9. The van der Waals surface area contributed by atoms with Crippen LogP contribution in [0.4, 0.5) is 0 Å². The van der Waals surface area contributed by atoms with Crippen LogP contribution in [0.5, 0.6) is 0 Å². The van der Waals surface area contributed by atoms with Crippen LogP contribution >= 0.6 is 0 Å². The molecule has 0 rings (SSSR count). The Morgan fingerprint density at radius 3 is 2.19 bits per heavy atom. The molecule has 2 nitrogen and oxygen atoms in total. The average molecular weight is 229 g/mol. The van der Waals surface area contributed by atoms with Gasteiger partial charge in [-0.15, -0.1) is 0 Å². The number of nitrogens with one attached hydrogen (secondary N) is 1. The molecule has 2 atom stereocenters. The maximum Gasteiger partial charge on any atom is 0.0800 e. The van der Waals surface area contributed by atoms with Crippen molar-refractivity contribution in [2.45, 2.75) is 71.9 Å². The SMILES string of the molecule is CCCNC(CCC(C)C)C(C)(CC)OC. The van der Waals surface area contributed by atoms with Crippen LogP contribution in [0.15, 0.2) is 0 Å². The lowest BCUT2D eigenvalue weighted by atomic mass is 9.88. The summed E-state index contributed by atoms with van der Waals surface area (Å²) in [5.74, 6) is 0.767. The molecule has 0 aromatic heterocycles. The van der Waals surface area contributed by atoms with Crippen LogP contribution in [-0.2, 0) is 4.74 Å². The Hall–Kier alpha value is -0.0800. The standard InChI is InChI=1S/C14H31NO/c1-7-11-15-13(10-9-12(3)4)14(5,8-2)16-6/h12-13,15H,7-11H2,1-6H3. The molecule has 0 aliphatic carbocycles. The van der Waals surface area contributed by atoms with Gasteiger partial charge in [-0.3, -0.25) is 0 Å². The van der Waals surface area contributed by atoms with E-state index in [1.807, 2.05) is 7.11 Å². The highest BCUT2D eigenvalue weighted by molar-refractivity contribution is 4.88. The van der Waals surface area contributed by atoms with E-state index in [2.05, 4.69) is 39.9 Å². The van der Waals surface area contributed by atoms with Crippen molar-refractivity contribution in [1.29, 1.82) is 0 Å². The van der Waals surface area contributed by atoms with E-state index in [1.165, 1.54) is 19.3 Å². The van der Waals surface area contributed by atoms with Gasteiger partial charge >= 0.3 is 0 Å². The zero-order valence-electron chi connectivity index (χ0n) is 12.1. The van der Waals surface area contributed by atoms with Gasteiger partial charge in [-0.05, 0) is 45.1 Å². The lowest BCUT2D eigenvalue weighted by Crippen LogP contribution is -2.50. The van der Waals surface area contributed by atoms with E-state index in [4.69, 9.17) is 4.74 Å². The van der Waals surface area contributed by atoms with Gasteiger partial charge in [0.25, 0.3) is 0 Å². The van der Waals surface area contributed by atoms with Crippen molar-refractivity contribution in [2.75, 3.05) is 13.7 Å². The van der Waals surface area contributed by atoms with Crippen molar-refractivity contribution >= 4 is 0 Å². The van der Waals surface area contributed by atoms with E-state index in [9.17, 15) is 0 Å². The molecule has 2 heteroatoms. The molecule has 0 fully saturated rings. The molecular weight excluding hydrogens is 198 g/mol. The molecule has 0 amide bonds. The summed E-state index contributed by atoms with van der Waals surface area (Å²) in [7, 11) is 1.83. The average Bonchev–Trinajstić information content (AvgIpc) is 2.28. The topological polar surface area (TPSA) is 21.3 Å². The van der Waals surface area contributed by atoms with Crippen molar-refractivity contribution in [3.05, 3.63) is 0 Å². The second-order valence-corrected chi connectivity index (χ2v) is 5.35. The van der Waals surface area contributed by atoms with Crippen molar-refractivity contribution in [3.63, 3.8) is 0 Å². The first kappa shape index (κ1) is 15.9. The molecule has 0 aromatic carbocycles. The molecule has 0 aliphatic heterocycles. The normalized spacial score (nSPS) is 17.4. The van der Waals surface area contributed by atoms with Gasteiger partial charge in [0.05, 0.1) is 5.60 Å². The number of hydrogen-bond donors (Lipinski definition) is 1. The molecule has 0 spiro atoms. The van der Waals surface area contributed by atoms with Gasteiger partial charge in [0, 0.05) is 13.2 Å². The van der Waals surface area contributed by atoms with Crippen molar-refractivity contribution in [1.82, 2.24) is 5.32 Å².